The van der Waals surface area contributed by atoms with Crippen molar-refractivity contribution in [2.45, 2.75) is 26.8 Å². The van der Waals surface area contributed by atoms with Crippen LogP contribution in [0.25, 0.3) is 22.4 Å². The lowest BCUT2D eigenvalue weighted by Gasteiger charge is -2.15. The first-order valence-corrected chi connectivity index (χ1v) is 7.39. The number of rotatable bonds is 2. The van der Waals surface area contributed by atoms with Crippen molar-refractivity contribution in [1.82, 2.24) is 9.55 Å². The Morgan fingerprint density at radius 1 is 1.19 bits per heavy atom. The van der Waals surface area contributed by atoms with Gasteiger partial charge in [-0.2, -0.15) is 0 Å². The summed E-state index contributed by atoms with van der Waals surface area (Å²) < 4.78 is 2.19. The Bertz CT molecular complexity index is 798. The van der Waals surface area contributed by atoms with Crippen LogP contribution in [0, 0.1) is 6.92 Å². The van der Waals surface area contributed by atoms with Gasteiger partial charge in [-0.05, 0) is 50.6 Å². The van der Waals surface area contributed by atoms with E-state index in [2.05, 4.69) is 43.5 Å². The van der Waals surface area contributed by atoms with Gasteiger partial charge in [0.2, 0.25) is 0 Å². The number of fused-ring (bicyclic) bond motifs is 1. The van der Waals surface area contributed by atoms with E-state index in [1.54, 1.807) is 0 Å². The molecule has 108 valence electrons. The Morgan fingerprint density at radius 2 is 1.95 bits per heavy atom. The van der Waals surface area contributed by atoms with Crippen LogP contribution in [-0.4, -0.2) is 9.55 Å². The highest BCUT2D eigenvalue weighted by Crippen LogP contribution is 2.36. The van der Waals surface area contributed by atoms with Crippen molar-refractivity contribution < 1.29 is 0 Å². The van der Waals surface area contributed by atoms with Crippen LogP contribution in [0.1, 0.15) is 25.5 Å². The summed E-state index contributed by atoms with van der Waals surface area (Å²) in [5.41, 5.74) is 10.9. The molecular weight excluding hydrogens is 282 g/mol. The fraction of sp³-hybridized carbons (Fsp3) is 0.235. The topological polar surface area (TPSA) is 43.8 Å². The zero-order valence-electron chi connectivity index (χ0n) is 12.4. The van der Waals surface area contributed by atoms with E-state index >= 15 is 0 Å². The molecule has 0 unspecified atom stereocenters. The minimum Gasteiger partial charge on any atom is -0.398 e. The predicted octanol–water partition coefficient (Wildman–Crippen LogP) is 4.83. The van der Waals surface area contributed by atoms with E-state index in [0.29, 0.717) is 10.7 Å². The molecule has 21 heavy (non-hydrogen) atoms. The zero-order chi connectivity index (χ0) is 15.1. The molecule has 0 radical (unpaired) electrons. The number of nitrogens with two attached hydrogens (primary N) is 1. The Labute approximate surface area is 129 Å². The molecule has 0 fully saturated rings. The van der Waals surface area contributed by atoms with E-state index in [-0.39, 0.29) is 6.04 Å². The molecule has 0 bridgehead atoms. The van der Waals surface area contributed by atoms with Crippen molar-refractivity contribution in [2.24, 2.45) is 0 Å². The van der Waals surface area contributed by atoms with Gasteiger partial charge in [0.15, 0.2) is 0 Å². The van der Waals surface area contributed by atoms with Gasteiger partial charge >= 0.3 is 0 Å². The molecule has 0 spiro atoms. The fourth-order valence-corrected chi connectivity index (χ4v) is 2.95. The number of nitrogen functional groups attached to an aromatic ring is 1. The molecule has 0 atom stereocenters. The van der Waals surface area contributed by atoms with Crippen molar-refractivity contribution in [1.29, 1.82) is 0 Å². The number of halogens is 1. The van der Waals surface area contributed by atoms with Crippen molar-refractivity contribution in [3.8, 4) is 11.4 Å². The molecule has 1 aromatic heterocycles. The van der Waals surface area contributed by atoms with Crippen LogP contribution < -0.4 is 5.73 Å². The minimum absolute atomic E-state index is 0.267. The smallest absolute Gasteiger partial charge is 0.144 e. The third-order valence-corrected chi connectivity index (χ3v) is 3.95. The van der Waals surface area contributed by atoms with Gasteiger partial charge in [-0.25, -0.2) is 4.98 Å². The van der Waals surface area contributed by atoms with Crippen LogP contribution in [-0.2, 0) is 0 Å². The second-order valence-electron chi connectivity index (χ2n) is 5.60. The number of hydrogen-bond donors (Lipinski definition) is 1. The third kappa shape index (κ3) is 2.28. The van der Waals surface area contributed by atoms with E-state index in [1.165, 1.54) is 5.56 Å². The SMILES string of the molecule is Cc1ccc2c(c1)nc(-c1c(N)cccc1Cl)n2C(C)C. The summed E-state index contributed by atoms with van der Waals surface area (Å²) in [4.78, 5) is 4.79. The monoisotopic (exact) mass is 299 g/mol. The van der Waals surface area contributed by atoms with Crippen LogP contribution in [0.4, 0.5) is 5.69 Å². The summed E-state index contributed by atoms with van der Waals surface area (Å²) in [7, 11) is 0. The molecule has 0 saturated carbocycles. The highest BCUT2D eigenvalue weighted by molar-refractivity contribution is 6.33. The Kier molecular flexibility index (Phi) is 3.38. The fourth-order valence-electron chi connectivity index (χ4n) is 2.68. The highest BCUT2D eigenvalue weighted by Gasteiger charge is 2.19. The molecular formula is C17H18ClN3. The van der Waals surface area contributed by atoms with E-state index in [9.17, 15) is 0 Å². The lowest BCUT2D eigenvalue weighted by molar-refractivity contribution is 0.624. The molecule has 3 rings (SSSR count). The molecule has 3 nitrogen and oxygen atoms in total. The summed E-state index contributed by atoms with van der Waals surface area (Å²) in [5, 5.41) is 0.629. The van der Waals surface area contributed by atoms with Gasteiger partial charge in [0, 0.05) is 11.7 Å². The number of nitrogens with zero attached hydrogens (tertiary/aromatic N) is 2. The maximum Gasteiger partial charge on any atom is 0.144 e. The molecule has 0 aliphatic heterocycles. The van der Waals surface area contributed by atoms with Crippen LogP contribution in [0.3, 0.4) is 0 Å². The molecule has 3 aromatic rings. The standard InChI is InChI=1S/C17H18ClN3/c1-10(2)21-15-8-7-11(3)9-14(15)20-17(21)16-12(18)5-4-6-13(16)19/h4-10H,19H2,1-3H3. The van der Waals surface area contributed by atoms with Crippen molar-refractivity contribution in [2.75, 3.05) is 5.73 Å². The van der Waals surface area contributed by atoms with Crippen LogP contribution >= 0.6 is 11.6 Å². The summed E-state index contributed by atoms with van der Waals surface area (Å²) in [6.07, 6.45) is 0. The number of aryl methyl sites for hydroxylation is 1. The van der Waals surface area contributed by atoms with Gasteiger partial charge < -0.3 is 10.3 Å². The van der Waals surface area contributed by atoms with Gasteiger partial charge in [0.05, 0.1) is 21.6 Å². The number of hydrogen-bond acceptors (Lipinski definition) is 2. The van der Waals surface area contributed by atoms with Crippen LogP contribution in [0.2, 0.25) is 5.02 Å². The third-order valence-electron chi connectivity index (χ3n) is 3.63. The number of benzene rings is 2. The van der Waals surface area contributed by atoms with Crippen molar-refractivity contribution in [3.05, 3.63) is 47.0 Å². The highest BCUT2D eigenvalue weighted by atomic mass is 35.5. The van der Waals surface area contributed by atoms with Gasteiger partial charge in [-0.3, -0.25) is 0 Å². The van der Waals surface area contributed by atoms with E-state index in [4.69, 9.17) is 22.3 Å². The molecule has 2 N–H and O–H groups in total. The molecule has 0 saturated heterocycles. The molecule has 2 aromatic carbocycles. The van der Waals surface area contributed by atoms with Crippen LogP contribution in [0.15, 0.2) is 36.4 Å². The molecule has 0 amide bonds. The maximum absolute atomic E-state index is 6.37. The molecule has 0 aliphatic carbocycles. The van der Waals surface area contributed by atoms with Crippen molar-refractivity contribution in [3.63, 3.8) is 0 Å². The quantitative estimate of drug-likeness (QED) is 0.689. The Balaban J connectivity index is 2.39. The first-order valence-electron chi connectivity index (χ1n) is 7.02. The average molecular weight is 300 g/mol. The summed E-state index contributed by atoms with van der Waals surface area (Å²) in [6.45, 7) is 6.34. The second-order valence-corrected chi connectivity index (χ2v) is 6.00. The summed E-state index contributed by atoms with van der Waals surface area (Å²) in [5.74, 6) is 0.828. The van der Waals surface area contributed by atoms with Gasteiger partial charge in [0.25, 0.3) is 0 Å². The largest absolute Gasteiger partial charge is 0.398 e. The summed E-state index contributed by atoms with van der Waals surface area (Å²) >= 11 is 6.37. The first-order chi connectivity index (χ1) is 9.99. The second kappa shape index (κ2) is 5.08. The molecule has 0 aliphatic rings. The normalized spacial score (nSPS) is 11.5. The lowest BCUT2D eigenvalue weighted by Crippen LogP contribution is -2.04. The van der Waals surface area contributed by atoms with Crippen LogP contribution in [0.5, 0.6) is 0 Å². The predicted molar refractivity (Wildman–Crippen MR) is 89.7 cm³/mol. The lowest BCUT2D eigenvalue weighted by atomic mass is 10.1. The van der Waals surface area contributed by atoms with E-state index < -0.39 is 0 Å². The van der Waals surface area contributed by atoms with Crippen molar-refractivity contribution >= 4 is 28.3 Å². The van der Waals surface area contributed by atoms with Gasteiger partial charge in [-0.15, -0.1) is 0 Å². The number of aromatic nitrogens is 2. The Hall–Kier alpha value is -2.00. The Morgan fingerprint density at radius 3 is 2.62 bits per heavy atom. The van der Waals surface area contributed by atoms with Gasteiger partial charge in [0.1, 0.15) is 5.82 Å². The zero-order valence-corrected chi connectivity index (χ0v) is 13.1. The first kappa shape index (κ1) is 14.0. The van der Waals surface area contributed by atoms with E-state index in [1.807, 2.05) is 18.2 Å². The molecule has 1 heterocycles. The average Bonchev–Trinajstić information content (AvgIpc) is 2.76. The van der Waals surface area contributed by atoms with E-state index in [0.717, 1.165) is 22.4 Å². The number of imidazole rings is 1. The number of anilines is 1. The van der Waals surface area contributed by atoms with Gasteiger partial charge in [-0.1, -0.05) is 23.7 Å². The summed E-state index contributed by atoms with van der Waals surface area (Å²) in [6, 6.07) is 12.1. The minimum atomic E-state index is 0.267. The maximum atomic E-state index is 6.37. The molecule has 4 heteroatoms.